The monoisotopic (exact) mass is 196 g/mol. The first kappa shape index (κ1) is 11.5. The molecule has 0 radical (unpaired) electrons. The quantitative estimate of drug-likeness (QED) is 0.749. The molecule has 0 aliphatic heterocycles. The summed E-state index contributed by atoms with van der Waals surface area (Å²) in [6.07, 6.45) is 4.94. The molecule has 0 amide bonds. The fourth-order valence-corrected chi connectivity index (χ4v) is 1.82. The number of nitrogens with zero attached hydrogens (tertiary/aromatic N) is 1. The number of ether oxygens (including phenoxy) is 1. The van der Waals surface area contributed by atoms with E-state index in [0.717, 1.165) is 12.8 Å². The van der Waals surface area contributed by atoms with Crippen molar-refractivity contribution in [3.8, 4) is 6.07 Å². The van der Waals surface area contributed by atoms with Gasteiger partial charge in [-0.05, 0) is 31.1 Å². The van der Waals surface area contributed by atoms with E-state index in [4.69, 9.17) is 15.7 Å². The third-order valence-corrected chi connectivity index (χ3v) is 2.96. The Kier molecular flexibility index (Phi) is 3.91. The maximum atomic E-state index is 8.49. The molecular weight excluding hydrogens is 176 g/mol. The van der Waals surface area contributed by atoms with Crippen LogP contribution in [-0.2, 0) is 4.74 Å². The van der Waals surface area contributed by atoms with Crippen LogP contribution in [0.1, 0.15) is 39.5 Å². The lowest BCUT2D eigenvalue weighted by atomic mass is 9.76. The maximum absolute atomic E-state index is 8.49. The molecular formula is C11H20N2O. The predicted octanol–water partition coefficient (Wildman–Crippen LogP) is 1.82. The summed E-state index contributed by atoms with van der Waals surface area (Å²) in [5.41, 5.74) is 5.93. The predicted molar refractivity (Wildman–Crippen MR) is 55.6 cm³/mol. The van der Waals surface area contributed by atoms with Crippen molar-refractivity contribution in [3.63, 3.8) is 0 Å². The molecule has 0 aromatic carbocycles. The maximum Gasteiger partial charge on any atom is 0.116 e. The summed E-state index contributed by atoms with van der Waals surface area (Å²) in [7, 11) is 0. The molecule has 1 unspecified atom stereocenters. The fraction of sp³-hybridized carbons (Fsp3) is 0.909. The second-order valence-electron chi connectivity index (χ2n) is 4.93. The lowest BCUT2D eigenvalue weighted by Gasteiger charge is -2.34. The Hall–Kier alpha value is -0.590. The molecule has 0 bridgehead atoms. The van der Waals surface area contributed by atoms with Gasteiger partial charge in [-0.1, -0.05) is 13.8 Å². The van der Waals surface area contributed by atoms with Crippen molar-refractivity contribution in [1.82, 2.24) is 0 Å². The van der Waals surface area contributed by atoms with Crippen molar-refractivity contribution in [1.29, 1.82) is 5.26 Å². The van der Waals surface area contributed by atoms with Gasteiger partial charge in [-0.15, -0.1) is 0 Å². The number of rotatable bonds is 3. The van der Waals surface area contributed by atoms with Gasteiger partial charge in [0.15, 0.2) is 0 Å². The minimum Gasteiger partial charge on any atom is -0.375 e. The van der Waals surface area contributed by atoms with Crippen LogP contribution >= 0.6 is 0 Å². The van der Waals surface area contributed by atoms with E-state index in [1.165, 1.54) is 12.8 Å². The first-order valence-corrected chi connectivity index (χ1v) is 5.30. The van der Waals surface area contributed by atoms with Gasteiger partial charge >= 0.3 is 0 Å². The van der Waals surface area contributed by atoms with E-state index >= 15 is 0 Å². The van der Waals surface area contributed by atoms with E-state index in [-0.39, 0.29) is 0 Å². The molecule has 1 fully saturated rings. The highest BCUT2D eigenvalue weighted by atomic mass is 16.5. The summed E-state index contributed by atoms with van der Waals surface area (Å²) in [4.78, 5) is 0. The molecule has 1 rings (SSSR count). The second-order valence-corrected chi connectivity index (χ2v) is 4.93. The van der Waals surface area contributed by atoms with Crippen molar-refractivity contribution in [2.45, 2.75) is 51.7 Å². The first-order valence-electron chi connectivity index (χ1n) is 5.30. The van der Waals surface area contributed by atoms with Crippen LogP contribution in [0.5, 0.6) is 0 Å². The molecule has 0 saturated heterocycles. The van der Waals surface area contributed by atoms with E-state index in [1.807, 2.05) is 6.07 Å². The average Bonchev–Trinajstić information content (AvgIpc) is 2.16. The van der Waals surface area contributed by atoms with Crippen LogP contribution in [0.15, 0.2) is 0 Å². The van der Waals surface area contributed by atoms with E-state index in [1.54, 1.807) is 0 Å². The third kappa shape index (κ3) is 3.65. The molecule has 3 heteroatoms. The molecule has 1 aliphatic carbocycles. The van der Waals surface area contributed by atoms with Crippen LogP contribution in [-0.4, -0.2) is 18.8 Å². The van der Waals surface area contributed by atoms with Gasteiger partial charge in [0, 0.05) is 0 Å². The Balaban J connectivity index is 2.20. The SMILES string of the molecule is CC1(C)CCC(OCC(N)C#N)CC1. The summed E-state index contributed by atoms with van der Waals surface area (Å²) < 4.78 is 5.58. The normalized spacial score (nSPS) is 24.1. The highest BCUT2D eigenvalue weighted by Gasteiger charge is 2.27. The van der Waals surface area contributed by atoms with Gasteiger partial charge in [-0.3, -0.25) is 0 Å². The van der Waals surface area contributed by atoms with Gasteiger partial charge in [-0.25, -0.2) is 0 Å². The van der Waals surface area contributed by atoms with Crippen molar-refractivity contribution in [2.24, 2.45) is 11.1 Å². The molecule has 1 aliphatic rings. The van der Waals surface area contributed by atoms with Crippen LogP contribution in [0.2, 0.25) is 0 Å². The summed E-state index contributed by atoms with van der Waals surface area (Å²) in [5.74, 6) is 0. The molecule has 0 aromatic heterocycles. The zero-order valence-corrected chi connectivity index (χ0v) is 9.12. The van der Waals surface area contributed by atoms with E-state index in [0.29, 0.717) is 18.1 Å². The number of hydrogen-bond acceptors (Lipinski definition) is 3. The standard InChI is InChI=1S/C11H20N2O/c1-11(2)5-3-10(4-6-11)14-8-9(13)7-12/h9-10H,3-6,8,13H2,1-2H3. The topological polar surface area (TPSA) is 59.0 Å². The molecule has 0 heterocycles. The van der Waals surface area contributed by atoms with Crippen molar-refractivity contribution in [2.75, 3.05) is 6.61 Å². The lowest BCUT2D eigenvalue weighted by Crippen LogP contribution is -2.31. The Morgan fingerprint density at radius 3 is 2.57 bits per heavy atom. The molecule has 2 N–H and O–H groups in total. The molecule has 14 heavy (non-hydrogen) atoms. The summed E-state index contributed by atoms with van der Waals surface area (Å²) in [6, 6.07) is 1.51. The van der Waals surface area contributed by atoms with Gasteiger partial charge in [-0.2, -0.15) is 5.26 Å². The van der Waals surface area contributed by atoms with Crippen LogP contribution in [0, 0.1) is 16.7 Å². The zero-order valence-electron chi connectivity index (χ0n) is 9.12. The van der Waals surface area contributed by atoms with Gasteiger partial charge in [0.1, 0.15) is 6.04 Å². The number of nitrogens with two attached hydrogens (primary N) is 1. The van der Waals surface area contributed by atoms with E-state index in [2.05, 4.69) is 13.8 Å². The van der Waals surface area contributed by atoms with Crippen molar-refractivity contribution < 1.29 is 4.74 Å². The highest BCUT2D eigenvalue weighted by Crippen LogP contribution is 2.36. The van der Waals surface area contributed by atoms with Gasteiger partial charge in [0.05, 0.1) is 18.8 Å². The highest BCUT2D eigenvalue weighted by molar-refractivity contribution is 4.87. The number of nitriles is 1. The van der Waals surface area contributed by atoms with Gasteiger partial charge in [0.25, 0.3) is 0 Å². The van der Waals surface area contributed by atoms with E-state index < -0.39 is 6.04 Å². The molecule has 1 atom stereocenters. The molecule has 0 spiro atoms. The minimum absolute atomic E-state index is 0.322. The van der Waals surface area contributed by atoms with Crippen LogP contribution < -0.4 is 5.73 Å². The zero-order chi connectivity index (χ0) is 10.6. The van der Waals surface area contributed by atoms with Crippen LogP contribution in [0.3, 0.4) is 0 Å². The molecule has 3 nitrogen and oxygen atoms in total. The first-order chi connectivity index (χ1) is 6.53. The van der Waals surface area contributed by atoms with Crippen molar-refractivity contribution >= 4 is 0 Å². The molecule has 1 saturated carbocycles. The van der Waals surface area contributed by atoms with Crippen LogP contribution in [0.25, 0.3) is 0 Å². The Labute approximate surface area is 86.2 Å². The van der Waals surface area contributed by atoms with E-state index in [9.17, 15) is 0 Å². The smallest absolute Gasteiger partial charge is 0.116 e. The summed E-state index contributed by atoms with van der Waals surface area (Å²) in [6.45, 7) is 4.97. The van der Waals surface area contributed by atoms with Gasteiger partial charge < -0.3 is 10.5 Å². The molecule has 80 valence electrons. The lowest BCUT2D eigenvalue weighted by molar-refractivity contribution is 0.00302. The Morgan fingerprint density at radius 1 is 1.50 bits per heavy atom. The Morgan fingerprint density at radius 2 is 2.07 bits per heavy atom. The summed E-state index contributed by atoms with van der Waals surface area (Å²) >= 11 is 0. The number of hydrogen-bond donors (Lipinski definition) is 1. The van der Waals surface area contributed by atoms with Crippen molar-refractivity contribution in [3.05, 3.63) is 0 Å². The largest absolute Gasteiger partial charge is 0.375 e. The minimum atomic E-state index is -0.468. The summed E-state index contributed by atoms with van der Waals surface area (Å²) in [5, 5.41) is 8.49. The fourth-order valence-electron chi connectivity index (χ4n) is 1.82. The molecule has 0 aromatic rings. The Bertz CT molecular complexity index is 210. The van der Waals surface area contributed by atoms with Crippen LogP contribution in [0.4, 0.5) is 0 Å². The second kappa shape index (κ2) is 4.77. The van der Waals surface area contributed by atoms with Gasteiger partial charge in [0.2, 0.25) is 0 Å². The third-order valence-electron chi connectivity index (χ3n) is 2.96. The average molecular weight is 196 g/mol.